The van der Waals surface area contributed by atoms with E-state index in [1.807, 2.05) is 0 Å². The van der Waals surface area contributed by atoms with Gasteiger partial charge >= 0.3 is 5.97 Å². The van der Waals surface area contributed by atoms with Gasteiger partial charge < -0.3 is 53.2 Å². The van der Waals surface area contributed by atoms with E-state index in [0.29, 0.717) is 5.56 Å². The van der Waals surface area contributed by atoms with Gasteiger partial charge in [0.15, 0.2) is 0 Å². The van der Waals surface area contributed by atoms with Crippen molar-refractivity contribution in [3.63, 3.8) is 0 Å². The number of hydrogen-bond acceptors (Lipinski definition) is 8. The number of benzene rings is 1. The minimum absolute atomic E-state index is 0. The monoisotopic (exact) mass is 547 g/mol. The molecule has 208 valence electrons. The maximum atomic E-state index is 13.2. The van der Waals surface area contributed by atoms with Crippen LogP contribution in [0.15, 0.2) is 24.3 Å². The van der Waals surface area contributed by atoms with Crippen molar-refractivity contribution in [1.82, 2.24) is 20.9 Å². The topological polar surface area (TPSA) is 286 Å². The Hall–Kier alpha value is -3.44. The van der Waals surface area contributed by atoms with Crippen LogP contribution in [0.2, 0.25) is 0 Å². The first-order valence-corrected chi connectivity index (χ1v) is 11.3. The first kappa shape index (κ1) is 33.6. The van der Waals surface area contributed by atoms with E-state index in [2.05, 4.69) is 16.0 Å². The number of carboxylic acids is 1. The molecule has 1 aromatic carbocycles. The molecule has 2 unspecified atom stereocenters. The van der Waals surface area contributed by atoms with Gasteiger partial charge in [-0.15, -0.1) is 11.8 Å². The number of hydrogen-bond donors (Lipinski definition) is 6. The van der Waals surface area contributed by atoms with Crippen molar-refractivity contribution in [2.45, 2.75) is 54.6 Å². The van der Waals surface area contributed by atoms with E-state index < -0.39 is 63.9 Å². The molecule has 0 spiro atoms. The summed E-state index contributed by atoms with van der Waals surface area (Å²) in [6.45, 7) is 3.43. The Morgan fingerprint density at radius 2 is 1.68 bits per heavy atom. The van der Waals surface area contributed by atoms with E-state index in [-0.39, 0.29) is 28.6 Å². The Labute approximate surface area is 216 Å². The summed E-state index contributed by atoms with van der Waals surface area (Å²) in [5, 5.41) is 26.0. The Morgan fingerprint density at radius 1 is 1.11 bits per heavy atom. The fourth-order valence-corrected chi connectivity index (χ4v) is 5.62. The molecule has 37 heavy (non-hydrogen) atoms. The number of fused-ring (bicyclic) bond motifs is 1. The van der Waals surface area contributed by atoms with E-state index >= 15 is 0 Å². The summed E-state index contributed by atoms with van der Waals surface area (Å²) in [5.74, 6) is -3.66. The Bertz CT molecular complexity index is 1020. The average Bonchev–Trinajstić information content (AvgIpc) is 3.03. The predicted octanol–water partition coefficient (Wildman–Crippen LogP) is -3.83. The van der Waals surface area contributed by atoms with Gasteiger partial charge in [-0.2, -0.15) is 0 Å². The minimum atomic E-state index is -1.28. The lowest BCUT2D eigenvalue weighted by atomic mass is 9.95. The van der Waals surface area contributed by atoms with E-state index in [4.69, 9.17) is 5.73 Å². The van der Waals surface area contributed by atoms with Gasteiger partial charge in [0.05, 0.1) is 12.5 Å². The fraction of sp³-hybridized carbons (Fsp3) is 0.476. The third kappa shape index (κ3) is 6.66. The first-order valence-electron chi connectivity index (χ1n) is 10.5. The number of nitrogens with zero attached hydrogens (tertiary/aromatic N) is 1. The van der Waals surface area contributed by atoms with Crippen LogP contribution in [0.1, 0.15) is 31.9 Å². The number of aliphatic carboxylic acids is 1. The third-order valence-electron chi connectivity index (χ3n) is 5.77. The van der Waals surface area contributed by atoms with Crippen LogP contribution in [0.3, 0.4) is 0 Å². The molecule has 5 atom stereocenters. The second-order valence-electron chi connectivity index (χ2n) is 8.60. The zero-order valence-corrected chi connectivity index (χ0v) is 21.1. The molecule has 0 bridgehead atoms. The standard InChI is InChI=1S/C21H27N5O7S.3H2O/c1-21(2)15(20(32)33)26-18(31)14(19(26)34-21)25-17(30)13(9-4-6-10(27)7-5-9)24-16(29)11(22)8-12(28)23-3;;;/h4-7,11,13-15,19,27H,8,22H2,1-3H3,(H,23,28)(H,24,29)(H,25,30)(H,32,33);3*1H2/t11?,13?,14-,15+,19-;;;/m1.../s1. The lowest BCUT2D eigenvalue weighted by Crippen LogP contribution is -2.71. The molecule has 2 heterocycles. The van der Waals surface area contributed by atoms with E-state index in [9.17, 15) is 34.2 Å². The molecule has 2 aliphatic heterocycles. The molecule has 0 saturated carbocycles. The average molecular weight is 548 g/mol. The van der Waals surface area contributed by atoms with E-state index in [0.717, 1.165) is 0 Å². The molecule has 0 aromatic heterocycles. The first-order chi connectivity index (χ1) is 15.9. The van der Waals surface area contributed by atoms with Gasteiger partial charge in [-0.05, 0) is 31.5 Å². The zero-order valence-electron chi connectivity index (χ0n) is 20.3. The number of nitrogens with two attached hydrogens (primary N) is 1. The number of carbonyl (C=O) groups excluding carboxylic acids is 4. The number of phenolic OH excluding ortho intramolecular Hbond substituents is 1. The van der Waals surface area contributed by atoms with Crippen LogP contribution in [0.25, 0.3) is 0 Å². The number of aromatic hydroxyl groups is 1. The number of β-lactam (4-membered cyclic amide) rings is 1. The van der Waals surface area contributed by atoms with Crippen LogP contribution in [-0.2, 0) is 24.0 Å². The number of phenols is 1. The van der Waals surface area contributed by atoms with Crippen molar-refractivity contribution >= 4 is 41.4 Å². The summed E-state index contributed by atoms with van der Waals surface area (Å²) in [5.41, 5.74) is 6.09. The molecule has 4 amide bonds. The van der Waals surface area contributed by atoms with Gasteiger partial charge in [0.25, 0.3) is 0 Å². The summed E-state index contributed by atoms with van der Waals surface area (Å²) >= 11 is 1.27. The minimum Gasteiger partial charge on any atom is -0.508 e. The molecule has 13 N–H and O–H groups in total. The summed E-state index contributed by atoms with van der Waals surface area (Å²) in [7, 11) is 1.40. The smallest absolute Gasteiger partial charge is 0.327 e. The molecule has 1 aromatic rings. The number of thioether (sulfide) groups is 1. The van der Waals surface area contributed by atoms with Crippen LogP contribution in [-0.4, -0.2) is 96.4 Å². The fourth-order valence-electron chi connectivity index (χ4n) is 3.99. The van der Waals surface area contributed by atoms with E-state index in [1.165, 1.54) is 48.0 Å². The van der Waals surface area contributed by atoms with Crippen molar-refractivity contribution in [3.05, 3.63) is 29.8 Å². The maximum absolute atomic E-state index is 13.2. The number of rotatable bonds is 8. The summed E-state index contributed by atoms with van der Waals surface area (Å²) in [4.78, 5) is 62.9. The predicted molar refractivity (Wildman–Crippen MR) is 132 cm³/mol. The van der Waals surface area contributed by atoms with E-state index in [1.54, 1.807) is 13.8 Å². The highest BCUT2D eigenvalue weighted by molar-refractivity contribution is 8.01. The zero-order chi connectivity index (χ0) is 25.4. The van der Waals surface area contributed by atoms with Crippen molar-refractivity contribution in [2.75, 3.05) is 7.05 Å². The van der Waals surface area contributed by atoms with Gasteiger partial charge in [-0.25, -0.2) is 4.79 Å². The van der Waals surface area contributed by atoms with Crippen LogP contribution < -0.4 is 21.7 Å². The highest BCUT2D eigenvalue weighted by atomic mass is 32.2. The number of carboxylic acid groups (broad SMARTS) is 1. The molecule has 2 saturated heterocycles. The maximum Gasteiger partial charge on any atom is 0.327 e. The second-order valence-corrected chi connectivity index (χ2v) is 10.4. The highest BCUT2D eigenvalue weighted by Gasteiger charge is 2.64. The molecule has 2 aliphatic rings. The van der Waals surface area contributed by atoms with Crippen LogP contribution >= 0.6 is 11.8 Å². The lowest BCUT2D eigenvalue weighted by Gasteiger charge is -2.44. The van der Waals surface area contributed by atoms with Gasteiger partial charge in [0.1, 0.15) is 29.2 Å². The summed E-state index contributed by atoms with van der Waals surface area (Å²) in [6, 6.07) is 0.997. The van der Waals surface area contributed by atoms with Gasteiger partial charge in [-0.1, -0.05) is 12.1 Å². The second kappa shape index (κ2) is 12.7. The van der Waals surface area contributed by atoms with Crippen molar-refractivity contribution in [2.24, 2.45) is 5.73 Å². The van der Waals surface area contributed by atoms with Crippen molar-refractivity contribution < 1.29 is 50.6 Å². The molecular weight excluding hydrogens is 514 g/mol. The van der Waals surface area contributed by atoms with Gasteiger partial charge in [0, 0.05) is 11.8 Å². The Kier molecular flexibility index (Phi) is 11.5. The van der Waals surface area contributed by atoms with Crippen molar-refractivity contribution in [3.8, 4) is 5.75 Å². The molecule has 0 radical (unpaired) electrons. The van der Waals surface area contributed by atoms with Crippen LogP contribution in [0.5, 0.6) is 5.75 Å². The number of nitrogens with one attached hydrogen (secondary N) is 3. The number of amides is 4. The molecule has 3 rings (SSSR count). The third-order valence-corrected chi connectivity index (χ3v) is 7.34. The molecule has 2 fully saturated rings. The van der Waals surface area contributed by atoms with Crippen molar-refractivity contribution in [1.29, 1.82) is 0 Å². The normalized spacial score (nSPS) is 22.3. The Balaban J connectivity index is 0.00000432. The Morgan fingerprint density at radius 3 is 2.19 bits per heavy atom. The van der Waals surface area contributed by atoms with Gasteiger partial charge in [-0.3, -0.25) is 19.2 Å². The lowest BCUT2D eigenvalue weighted by molar-refractivity contribution is -0.161. The van der Waals surface area contributed by atoms with Gasteiger partial charge in [0.2, 0.25) is 23.6 Å². The van der Waals surface area contributed by atoms with Crippen LogP contribution in [0, 0.1) is 0 Å². The summed E-state index contributed by atoms with van der Waals surface area (Å²) in [6.07, 6.45) is -0.299. The quantitative estimate of drug-likeness (QED) is 0.173. The largest absolute Gasteiger partial charge is 0.508 e. The molecule has 15 nitrogen and oxygen atoms in total. The highest BCUT2D eigenvalue weighted by Crippen LogP contribution is 2.50. The molecular formula is C21H33N5O10S. The summed E-state index contributed by atoms with van der Waals surface area (Å²) < 4.78 is -0.761. The van der Waals surface area contributed by atoms with Crippen LogP contribution in [0.4, 0.5) is 0 Å². The SMILES string of the molecule is CNC(=O)CC(N)C(=O)NC(C(=O)N[C@@H]1C(=O)N2[C@@H]1SC(C)(C)[C@@H]2C(=O)O)c1ccc(O)cc1.O.O.O. The molecule has 16 heteroatoms. The molecule has 0 aliphatic carbocycles. The number of carbonyl (C=O) groups is 5.